The molecule has 4 aromatic carbocycles. The molecule has 0 aromatic heterocycles. The fourth-order valence-electron chi connectivity index (χ4n) is 7.68. The molecule has 0 aliphatic heterocycles. The van der Waals surface area contributed by atoms with E-state index in [1.807, 2.05) is 0 Å². The largest absolute Gasteiger partial charge is 0.104 e. The molecule has 198 valence electrons. The second-order valence-corrected chi connectivity index (χ2v) is 20.4. The van der Waals surface area contributed by atoms with Gasteiger partial charge in [0, 0.05) is 0 Å². The van der Waals surface area contributed by atoms with Crippen molar-refractivity contribution in [1.29, 1.82) is 0 Å². The van der Waals surface area contributed by atoms with Gasteiger partial charge in [0.25, 0.3) is 0 Å². The Balaban J connectivity index is 2.24. The highest BCUT2D eigenvalue weighted by Gasteiger charge is 2.38. The molecule has 0 spiro atoms. The maximum absolute atomic E-state index is 2.44. The van der Waals surface area contributed by atoms with Crippen LogP contribution in [-0.4, -0.2) is 16.6 Å². The van der Waals surface area contributed by atoms with Crippen LogP contribution in [0.25, 0.3) is 0 Å². The minimum atomic E-state index is -1.72. The maximum Gasteiger partial charge on any atom is 0.104 e. The van der Waals surface area contributed by atoms with Crippen molar-refractivity contribution in [3.05, 3.63) is 115 Å². The lowest BCUT2D eigenvalue weighted by atomic mass is 10.1. The van der Waals surface area contributed by atoms with Gasteiger partial charge in [0.1, 0.15) is 16.6 Å². The number of benzene rings is 4. The van der Waals surface area contributed by atoms with Gasteiger partial charge in [0.05, 0.1) is 0 Å². The Morgan fingerprint density at radius 1 is 0.263 bits per heavy atom. The molecule has 4 rings (SSSR count). The van der Waals surface area contributed by atoms with Crippen molar-refractivity contribution in [2.45, 2.75) is 83.1 Å². The second kappa shape index (κ2) is 10.8. The summed E-state index contributed by atoms with van der Waals surface area (Å²) in [6, 6.07) is 19.5. The van der Waals surface area contributed by atoms with Crippen LogP contribution < -0.4 is 20.7 Å². The Kier molecular flexibility index (Phi) is 8.07. The van der Waals surface area contributed by atoms with Crippen LogP contribution in [0.15, 0.2) is 48.5 Å². The van der Waals surface area contributed by atoms with Crippen LogP contribution in [0.2, 0.25) is 0 Å². The van der Waals surface area contributed by atoms with E-state index in [9.17, 15) is 0 Å². The molecule has 4 aromatic rings. The van der Waals surface area contributed by atoms with Crippen molar-refractivity contribution in [2.24, 2.45) is 0 Å². The lowest BCUT2D eigenvalue weighted by Crippen LogP contribution is -2.69. The molecule has 0 fully saturated rings. The van der Waals surface area contributed by atoms with Crippen molar-refractivity contribution in [3.8, 4) is 0 Å². The average Bonchev–Trinajstić information content (AvgIpc) is 2.74. The highest BCUT2D eigenvalue weighted by molar-refractivity contribution is 7.42. The first-order valence-corrected chi connectivity index (χ1v) is 19.1. The number of hydrogen-bond donors (Lipinski definition) is 0. The van der Waals surface area contributed by atoms with Crippen molar-refractivity contribution >= 4 is 37.4 Å². The van der Waals surface area contributed by atoms with Crippen molar-refractivity contribution < 1.29 is 0 Å². The molecule has 0 aliphatic rings. The van der Waals surface area contributed by atoms with E-state index in [0.29, 0.717) is 0 Å². The highest BCUT2D eigenvalue weighted by Crippen LogP contribution is 2.19. The third-order valence-corrected chi connectivity index (χ3v) is 21.3. The van der Waals surface area contributed by atoms with Crippen molar-refractivity contribution in [1.82, 2.24) is 0 Å². The summed E-state index contributed by atoms with van der Waals surface area (Å²) in [5, 5.41) is 6.73. The molecule has 38 heavy (non-hydrogen) atoms. The lowest BCUT2D eigenvalue weighted by molar-refractivity contribution is 1.33. The SMILES string of the molecule is Cc1cc(C)c([SiH](c2c(C)cc(C)cc2C)[SiH](c2c(C)cc(C)cc2C)c2c(C)cc(C)cc2C)c(C)c1. The fraction of sp³-hybridized carbons (Fsp3) is 0.333. The van der Waals surface area contributed by atoms with Gasteiger partial charge in [-0.15, -0.1) is 0 Å². The number of aryl methyl sites for hydroxylation is 12. The summed E-state index contributed by atoms with van der Waals surface area (Å²) < 4.78 is 0. The van der Waals surface area contributed by atoms with E-state index >= 15 is 0 Å². The smallest absolute Gasteiger partial charge is 0.0565 e. The van der Waals surface area contributed by atoms with Gasteiger partial charge in [-0.3, -0.25) is 0 Å². The minimum absolute atomic E-state index is 1.37. The molecule has 0 atom stereocenters. The zero-order valence-corrected chi connectivity index (χ0v) is 28.1. The molecule has 0 saturated heterocycles. The number of hydrogen-bond acceptors (Lipinski definition) is 0. The van der Waals surface area contributed by atoms with Crippen LogP contribution in [0.5, 0.6) is 0 Å². The first-order valence-electron chi connectivity index (χ1n) is 14.1. The van der Waals surface area contributed by atoms with Crippen LogP contribution in [0.4, 0.5) is 0 Å². The molecular formula is C36H46Si2. The van der Waals surface area contributed by atoms with E-state index in [-0.39, 0.29) is 0 Å². The van der Waals surface area contributed by atoms with Crippen LogP contribution in [-0.2, 0) is 0 Å². The average molecular weight is 535 g/mol. The Labute approximate surface area is 235 Å². The Bertz CT molecular complexity index is 1220. The summed E-state index contributed by atoms with van der Waals surface area (Å²) in [6.45, 7) is 28.0. The minimum Gasteiger partial charge on any atom is -0.0565 e. The molecular weight excluding hydrogens is 489 g/mol. The topological polar surface area (TPSA) is 0 Å². The van der Waals surface area contributed by atoms with Crippen LogP contribution >= 0.6 is 0 Å². The van der Waals surface area contributed by atoms with Gasteiger partial charge in [-0.1, -0.05) is 136 Å². The van der Waals surface area contributed by atoms with Gasteiger partial charge >= 0.3 is 0 Å². The van der Waals surface area contributed by atoms with Crippen LogP contribution in [0.3, 0.4) is 0 Å². The summed E-state index contributed by atoms with van der Waals surface area (Å²) in [4.78, 5) is 0. The van der Waals surface area contributed by atoms with E-state index < -0.39 is 16.6 Å². The first-order chi connectivity index (χ1) is 17.8. The molecule has 0 radical (unpaired) electrons. The molecule has 0 bridgehead atoms. The molecule has 2 heteroatoms. The second-order valence-electron chi connectivity index (χ2n) is 12.2. The predicted molar refractivity (Wildman–Crippen MR) is 175 cm³/mol. The van der Waals surface area contributed by atoms with E-state index in [4.69, 9.17) is 0 Å². The molecule has 0 saturated carbocycles. The zero-order valence-electron chi connectivity index (χ0n) is 25.8. The Morgan fingerprint density at radius 2 is 0.395 bits per heavy atom. The van der Waals surface area contributed by atoms with Gasteiger partial charge in [0.15, 0.2) is 0 Å². The monoisotopic (exact) mass is 534 g/mol. The quantitative estimate of drug-likeness (QED) is 0.282. The van der Waals surface area contributed by atoms with Gasteiger partial charge < -0.3 is 0 Å². The standard InChI is InChI=1S/C36H46Si2/c1-21-13-25(5)33(26(6)14-21)37(34-27(7)15-22(2)16-28(34)8)38(35-29(9)17-23(3)18-30(35)10)36-31(11)19-24(4)20-32(36)12/h13-20,37-38H,1-12H3. The van der Waals surface area contributed by atoms with Crippen molar-refractivity contribution in [3.63, 3.8) is 0 Å². The predicted octanol–water partition coefficient (Wildman–Crippen LogP) is 5.85. The van der Waals surface area contributed by atoms with Crippen LogP contribution in [0, 0.1) is 83.1 Å². The Hall–Kier alpha value is -2.69. The van der Waals surface area contributed by atoms with Gasteiger partial charge in [0.2, 0.25) is 0 Å². The van der Waals surface area contributed by atoms with Crippen molar-refractivity contribution in [2.75, 3.05) is 0 Å². The molecule has 0 nitrogen and oxygen atoms in total. The molecule has 0 amide bonds. The van der Waals surface area contributed by atoms with Gasteiger partial charge in [-0.2, -0.15) is 0 Å². The summed E-state index contributed by atoms with van der Waals surface area (Å²) in [6.07, 6.45) is 0. The van der Waals surface area contributed by atoms with E-state index in [0.717, 1.165) is 0 Å². The molecule has 0 N–H and O–H groups in total. The van der Waals surface area contributed by atoms with E-state index in [1.165, 1.54) is 66.8 Å². The number of rotatable bonds is 5. The van der Waals surface area contributed by atoms with E-state index in [1.54, 1.807) is 20.7 Å². The molecule has 0 heterocycles. The summed E-state index contributed by atoms with van der Waals surface area (Å²) in [5.74, 6) is 0. The summed E-state index contributed by atoms with van der Waals surface area (Å²) in [7, 11) is -3.44. The normalized spacial score (nSPS) is 11.6. The first kappa shape index (κ1) is 28.3. The molecule has 0 aliphatic carbocycles. The van der Waals surface area contributed by atoms with Crippen LogP contribution in [0.1, 0.15) is 66.8 Å². The summed E-state index contributed by atoms with van der Waals surface area (Å²) in [5.41, 5.74) is 17.4. The maximum atomic E-state index is 2.44. The molecule has 0 unspecified atom stereocenters. The lowest BCUT2D eigenvalue weighted by Gasteiger charge is -2.35. The third-order valence-electron chi connectivity index (χ3n) is 8.53. The van der Waals surface area contributed by atoms with Gasteiger partial charge in [-0.05, 0) is 83.1 Å². The highest BCUT2D eigenvalue weighted by atomic mass is 29.2. The van der Waals surface area contributed by atoms with E-state index in [2.05, 4.69) is 132 Å². The third kappa shape index (κ3) is 5.26. The fourth-order valence-corrected chi connectivity index (χ4v) is 24.5. The van der Waals surface area contributed by atoms with Gasteiger partial charge in [-0.25, -0.2) is 0 Å². The Morgan fingerprint density at radius 3 is 0.526 bits per heavy atom. The summed E-state index contributed by atoms with van der Waals surface area (Å²) >= 11 is 0. The zero-order chi connectivity index (χ0) is 28.0.